The van der Waals surface area contributed by atoms with Crippen molar-refractivity contribution >= 4 is 12.0 Å². The molecule has 25 heavy (non-hydrogen) atoms. The molecule has 138 valence electrons. The van der Waals surface area contributed by atoms with E-state index in [2.05, 4.69) is 0 Å². The zero-order chi connectivity index (χ0) is 18.6. The summed E-state index contributed by atoms with van der Waals surface area (Å²) in [6, 6.07) is 4.48. The smallest absolute Gasteiger partial charge is 0.333 e. The molecule has 0 spiro atoms. The molecule has 1 aromatic rings. The maximum Gasteiger partial charge on any atom is 0.333 e. The Labute approximate surface area is 143 Å². The van der Waals surface area contributed by atoms with Gasteiger partial charge in [-0.25, -0.2) is 4.79 Å². The molecule has 9 heteroatoms. The Morgan fingerprint density at radius 1 is 1.24 bits per heavy atom. The van der Waals surface area contributed by atoms with Crippen molar-refractivity contribution in [2.75, 3.05) is 13.7 Å². The van der Waals surface area contributed by atoms with E-state index >= 15 is 0 Å². The molecule has 0 aliphatic carbocycles. The number of hydrogen-bond donors (Lipinski definition) is 5. The van der Waals surface area contributed by atoms with E-state index in [1.54, 1.807) is 6.07 Å². The van der Waals surface area contributed by atoms with E-state index in [4.69, 9.17) is 19.3 Å². The lowest BCUT2D eigenvalue weighted by Gasteiger charge is -2.38. The van der Waals surface area contributed by atoms with Crippen LogP contribution < -0.4 is 4.74 Å². The van der Waals surface area contributed by atoms with Crippen molar-refractivity contribution in [3.8, 4) is 11.5 Å². The molecule has 1 aromatic carbocycles. The molecule has 1 saturated heterocycles. The van der Waals surface area contributed by atoms with Crippen molar-refractivity contribution in [1.29, 1.82) is 0 Å². The van der Waals surface area contributed by atoms with E-state index in [1.807, 2.05) is 0 Å². The molecular weight excluding hydrogens is 336 g/mol. The summed E-state index contributed by atoms with van der Waals surface area (Å²) in [5, 5.41) is 47.8. The van der Waals surface area contributed by atoms with Crippen LogP contribution in [0.4, 0.5) is 0 Å². The van der Waals surface area contributed by atoms with Gasteiger partial charge >= 0.3 is 5.97 Å². The van der Waals surface area contributed by atoms with Crippen molar-refractivity contribution in [3.63, 3.8) is 0 Å². The molecule has 1 aliphatic heterocycles. The average Bonchev–Trinajstić information content (AvgIpc) is 2.60. The minimum atomic E-state index is -1.67. The first-order valence-corrected chi connectivity index (χ1v) is 7.43. The molecule has 1 fully saturated rings. The van der Waals surface area contributed by atoms with Crippen LogP contribution in [0.2, 0.25) is 0 Å². The van der Waals surface area contributed by atoms with Crippen LogP contribution in [0.3, 0.4) is 0 Å². The number of methoxy groups -OCH3 is 1. The predicted octanol–water partition coefficient (Wildman–Crippen LogP) is -1.24. The maximum absolute atomic E-state index is 11.8. The number of phenols is 1. The number of hydrogen-bond acceptors (Lipinski definition) is 9. The van der Waals surface area contributed by atoms with E-state index in [9.17, 15) is 25.2 Å². The summed E-state index contributed by atoms with van der Waals surface area (Å²) in [5.41, 5.74) is 0.490. The largest absolute Gasteiger partial charge is 0.504 e. The van der Waals surface area contributed by atoms with E-state index < -0.39 is 43.3 Å². The zero-order valence-electron chi connectivity index (χ0n) is 13.3. The van der Waals surface area contributed by atoms with Crippen molar-refractivity contribution in [1.82, 2.24) is 0 Å². The zero-order valence-corrected chi connectivity index (χ0v) is 13.3. The summed E-state index contributed by atoms with van der Waals surface area (Å²) in [6.07, 6.45) is -5.16. The summed E-state index contributed by atoms with van der Waals surface area (Å²) >= 11 is 0. The molecule has 0 saturated carbocycles. The van der Waals surface area contributed by atoms with Crippen LogP contribution in [-0.4, -0.2) is 75.9 Å². The fraction of sp³-hybridized carbons (Fsp3) is 0.438. The van der Waals surface area contributed by atoms with E-state index in [1.165, 1.54) is 25.3 Å². The van der Waals surface area contributed by atoms with Crippen LogP contribution in [0.15, 0.2) is 24.3 Å². The number of carbonyl (C=O) groups is 1. The lowest BCUT2D eigenvalue weighted by atomic mass is 9.99. The normalized spacial score (nSPS) is 29.6. The second-order valence-corrected chi connectivity index (χ2v) is 5.40. The Balaban J connectivity index is 2.00. The van der Waals surface area contributed by atoms with Crippen LogP contribution in [0.1, 0.15) is 5.56 Å². The van der Waals surface area contributed by atoms with E-state index in [0.717, 1.165) is 6.08 Å². The third kappa shape index (κ3) is 4.47. The van der Waals surface area contributed by atoms with Gasteiger partial charge in [0.2, 0.25) is 6.29 Å². The Hall–Kier alpha value is -2.17. The Morgan fingerprint density at radius 3 is 2.56 bits per heavy atom. The highest BCUT2D eigenvalue weighted by Gasteiger charge is 2.45. The van der Waals surface area contributed by atoms with Crippen LogP contribution in [0.5, 0.6) is 11.5 Å². The van der Waals surface area contributed by atoms with Crippen LogP contribution in [0.25, 0.3) is 6.08 Å². The molecular formula is C16H20O9. The average molecular weight is 356 g/mol. The molecule has 0 aromatic heterocycles. The maximum atomic E-state index is 11.8. The number of rotatable bonds is 5. The van der Waals surface area contributed by atoms with Crippen molar-refractivity contribution < 1.29 is 44.5 Å². The van der Waals surface area contributed by atoms with Crippen LogP contribution in [0, 0.1) is 0 Å². The lowest BCUT2D eigenvalue weighted by Crippen LogP contribution is -2.59. The monoisotopic (exact) mass is 356 g/mol. The summed E-state index contributed by atoms with van der Waals surface area (Å²) in [7, 11) is 1.41. The number of aliphatic hydroxyl groups excluding tert-OH is 4. The molecule has 2 rings (SSSR count). The van der Waals surface area contributed by atoms with Gasteiger partial charge in [0.25, 0.3) is 0 Å². The Kier molecular flexibility index (Phi) is 6.34. The predicted molar refractivity (Wildman–Crippen MR) is 83.6 cm³/mol. The minimum absolute atomic E-state index is 0.105. The second-order valence-electron chi connectivity index (χ2n) is 5.40. The SMILES string of the molecule is COc1ccc(/C=C/C(=O)O[C@@H]2O[C@H](CO)[C@@H](O)[C@H](O)[C@H]2O)cc1O. The van der Waals surface area contributed by atoms with Gasteiger partial charge in [0.05, 0.1) is 13.7 Å². The Bertz CT molecular complexity index is 628. The van der Waals surface area contributed by atoms with Gasteiger partial charge in [-0.05, 0) is 23.8 Å². The first-order chi connectivity index (χ1) is 11.9. The minimum Gasteiger partial charge on any atom is -0.504 e. The fourth-order valence-electron chi connectivity index (χ4n) is 2.29. The van der Waals surface area contributed by atoms with Gasteiger partial charge in [-0.3, -0.25) is 0 Å². The van der Waals surface area contributed by atoms with Crippen LogP contribution in [-0.2, 0) is 14.3 Å². The Morgan fingerprint density at radius 2 is 1.96 bits per heavy atom. The topological polar surface area (TPSA) is 146 Å². The number of aliphatic hydroxyl groups is 4. The summed E-state index contributed by atoms with van der Waals surface area (Å²) in [5.74, 6) is -0.715. The van der Waals surface area contributed by atoms with E-state index in [-0.39, 0.29) is 11.5 Å². The van der Waals surface area contributed by atoms with Crippen molar-refractivity contribution in [2.24, 2.45) is 0 Å². The van der Waals surface area contributed by atoms with Gasteiger partial charge in [0.15, 0.2) is 11.5 Å². The highest BCUT2D eigenvalue weighted by Crippen LogP contribution is 2.27. The number of aromatic hydroxyl groups is 1. The third-order valence-electron chi connectivity index (χ3n) is 3.70. The molecule has 0 radical (unpaired) electrons. The van der Waals surface area contributed by atoms with Gasteiger partial charge in [-0.1, -0.05) is 6.07 Å². The van der Waals surface area contributed by atoms with Crippen LogP contribution >= 0.6 is 0 Å². The molecule has 0 bridgehead atoms. The van der Waals surface area contributed by atoms with Gasteiger partial charge in [0.1, 0.15) is 24.4 Å². The molecule has 1 aliphatic rings. The van der Waals surface area contributed by atoms with Gasteiger partial charge < -0.3 is 39.7 Å². The molecule has 5 atom stereocenters. The number of ether oxygens (including phenoxy) is 3. The highest BCUT2D eigenvalue weighted by atomic mass is 16.7. The number of esters is 1. The highest BCUT2D eigenvalue weighted by molar-refractivity contribution is 5.87. The molecule has 0 unspecified atom stereocenters. The summed E-state index contributed by atoms with van der Waals surface area (Å²) < 4.78 is 14.8. The first-order valence-electron chi connectivity index (χ1n) is 7.43. The standard InChI is InChI=1S/C16H20O9/c1-23-10-4-2-8(6-9(10)18)3-5-12(19)25-16-15(22)14(21)13(20)11(7-17)24-16/h2-6,11,13-18,20-22H,7H2,1H3/b5-3+/t11-,13-,14+,15-,16+/m1/s1. The molecule has 5 N–H and O–H groups in total. The molecule has 1 heterocycles. The summed E-state index contributed by atoms with van der Waals surface area (Å²) in [6.45, 7) is -0.625. The second kappa shape index (κ2) is 8.28. The van der Waals surface area contributed by atoms with Crippen molar-refractivity contribution in [3.05, 3.63) is 29.8 Å². The fourth-order valence-corrected chi connectivity index (χ4v) is 2.29. The molecule has 0 amide bonds. The first kappa shape index (κ1) is 19.2. The summed E-state index contributed by atoms with van der Waals surface area (Å²) in [4.78, 5) is 11.8. The molecule has 9 nitrogen and oxygen atoms in total. The number of carbonyl (C=O) groups excluding carboxylic acids is 1. The van der Waals surface area contributed by atoms with Gasteiger partial charge in [-0.15, -0.1) is 0 Å². The van der Waals surface area contributed by atoms with Crippen molar-refractivity contribution in [2.45, 2.75) is 30.7 Å². The quantitative estimate of drug-likeness (QED) is 0.323. The van der Waals surface area contributed by atoms with Gasteiger partial charge in [-0.2, -0.15) is 0 Å². The number of benzene rings is 1. The number of phenolic OH excluding ortho intramolecular Hbond substituents is 1. The lowest BCUT2D eigenvalue weighted by molar-refractivity contribution is -0.291. The third-order valence-corrected chi connectivity index (χ3v) is 3.70. The van der Waals surface area contributed by atoms with Gasteiger partial charge in [0, 0.05) is 6.08 Å². The van der Waals surface area contributed by atoms with E-state index in [0.29, 0.717) is 5.56 Å².